The van der Waals surface area contributed by atoms with Gasteiger partial charge in [0.25, 0.3) is 0 Å². The molecular formula is C24H22N4O3. The third-order valence-electron chi connectivity index (χ3n) is 5.99. The van der Waals surface area contributed by atoms with Crippen LogP contribution in [0.1, 0.15) is 19.3 Å². The number of likely N-dealkylation sites (tertiary alicyclic amines) is 1. The second kappa shape index (κ2) is 7.83. The quantitative estimate of drug-likeness (QED) is 0.493. The molecule has 0 radical (unpaired) electrons. The minimum absolute atomic E-state index is 0.0790. The summed E-state index contributed by atoms with van der Waals surface area (Å²) in [5, 5.41) is 2.83. The van der Waals surface area contributed by atoms with E-state index in [9.17, 15) is 14.4 Å². The minimum Gasteiger partial charge on any atom is -0.338 e. The molecule has 31 heavy (non-hydrogen) atoms. The average Bonchev–Trinajstić information content (AvgIpc) is 3.33. The number of carbonyl (C=O) groups excluding carboxylic acids is 3. The lowest BCUT2D eigenvalue weighted by atomic mass is 9.85. The van der Waals surface area contributed by atoms with E-state index < -0.39 is 0 Å². The molecule has 1 aliphatic carbocycles. The molecule has 3 aromatic rings. The summed E-state index contributed by atoms with van der Waals surface area (Å²) in [5.74, 6) is -0.284. The maximum Gasteiger partial charge on any atom is 0.233 e. The van der Waals surface area contributed by atoms with E-state index in [0.29, 0.717) is 18.5 Å². The van der Waals surface area contributed by atoms with Crippen LogP contribution in [0.3, 0.4) is 0 Å². The van der Waals surface area contributed by atoms with Crippen molar-refractivity contribution in [2.45, 2.75) is 19.3 Å². The number of nitrogens with zero attached hydrogens (tertiary/aromatic N) is 2. The Bertz CT molecular complexity index is 1140. The predicted octanol–water partition coefficient (Wildman–Crippen LogP) is 3.51. The number of imide groups is 1. The number of imidazole rings is 1. The summed E-state index contributed by atoms with van der Waals surface area (Å²) in [7, 11) is 0. The Labute approximate surface area is 179 Å². The van der Waals surface area contributed by atoms with Gasteiger partial charge in [0, 0.05) is 24.2 Å². The number of carbonyl (C=O) groups is 3. The highest BCUT2D eigenvalue weighted by Crippen LogP contribution is 2.35. The van der Waals surface area contributed by atoms with Crippen LogP contribution in [0.2, 0.25) is 0 Å². The molecular weight excluding hydrogens is 392 g/mol. The van der Waals surface area contributed by atoms with E-state index in [-0.39, 0.29) is 42.5 Å². The summed E-state index contributed by atoms with van der Waals surface area (Å²) in [4.78, 5) is 46.5. The molecule has 0 unspecified atom stereocenters. The zero-order valence-electron chi connectivity index (χ0n) is 16.9. The van der Waals surface area contributed by atoms with Gasteiger partial charge < -0.3 is 10.3 Å². The van der Waals surface area contributed by atoms with Crippen LogP contribution in [0, 0.1) is 11.8 Å². The molecule has 5 rings (SSSR count). The van der Waals surface area contributed by atoms with Gasteiger partial charge in [0.1, 0.15) is 5.82 Å². The number of hydrogen-bond donors (Lipinski definition) is 2. The van der Waals surface area contributed by atoms with Crippen LogP contribution in [0.4, 0.5) is 5.69 Å². The number of aromatic nitrogens is 2. The number of hydrogen-bond acceptors (Lipinski definition) is 4. The lowest BCUT2D eigenvalue weighted by Crippen LogP contribution is -2.34. The van der Waals surface area contributed by atoms with E-state index in [2.05, 4.69) is 15.3 Å². The third-order valence-corrected chi connectivity index (χ3v) is 5.99. The number of rotatable bonds is 5. The highest BCUT2D eigenvalue weighted by Gasteiger charge is 2.46. The Morgan fingerprint density at radius 3 is 2.35 bits per heavy atom. The summed E-state index contributed by atoms with van der Waals surface area (Å²) < 4.78 is 0. The van der Waals surface area contributed by atoms with Gasteiger partial charge in [-0.2, -0.15) is 0 Å². The standard InChI is InChI=1S/C24H22N4O3/c29-21(13-14-28-23(30)17-5-1-2-6-18(17)24(28)31)25-16-11-9-15(10-12-16)22-26-19-7-3-4-8-20(19)27-22/h1-4,7-12,17-18H,5-6,13-14H2,(H,25,29)(H,26,27)/t17-,18-/m1/s1. The fraction of sp³-hybridized carbons (Fsp3) is 0.250. The van der Waals surface area contributed by atoms with Crippen LogP contribution >= 0.6 is 0 Å². The molecule has 7 nitrogen and oxygen atoms in total. The first-order chi connectivity index (χ1) is 15.1. The Kier molecular flexibility index (Phi) is 4.86. The van der Waals surface area contributed by atoms with Crippen molar-refractivity contribution in [3.8, 4) is 11.4 Å². The topological polar surface area (TPSA) is 95.2 Å². The van der Waals surface area contributed by atoms with Crippen molar-refractivity contribution in [1.29, 1.82) is 0 Å². The molecule has 1 aliphatic heterocycles. The molecule has 7 heteroatoms. The number of H-pyrrole nitrogens is 1. The summed E-state index contributed by atoms with van der Waals surface area (Å²) >= 11 is 0. The normalized spacial score (nSPS) is 20.3. The number of benzene rings is 2. The zero-order chi connectivity index (χ0) is 21.4. The monoisotopic (exact) mass is 414 g/mol. The van der Waals surface area contributed by atoms with Gasteiger partial charge in [-0.15, -0.1) is 0 Å². The van der Waals surface area contributed by atoms with Crippen LogP contribution in [-0.2, 0) is 14.4 Å². The van der Waals surface area contributed by atoms with Gasteiger partial charge in [-0.3, -0.25) is 19.3 Å². The maximum atomic E-state index is 12.5. The average molecular weight is 414 g/mol. The molecule has 0 bridgehead atoms. The molecule has 2 atom stereocenters. The van der Waals surface area contributed by atoms with Crippen molar-refractivity contribution in [1.82, 2.24) is 14.9 Å². The molecule has 0 spiro atoms. The van der Waals surface area contributed by atoms with E-state index in [1.54, 1.807) is 0 Å². The number of para-hydroxylation sites is 2. The second-order valence-electron chi connectivity index (χ2n) is 7.96. The van der Waals surface area contributed by atoms with Gasteiger partial charge in [-0.1, -0.05) is 24.3 Å². The number of amides is 3. The van der Waals surface area contributed by atoms with Crippen molar-refractivity contribution in [3.05, 3.63) is 60.7 Å². The SMILES string of the molecule is O=C(CCN1C(=O)[C@@H]2CC=CC[C@H]2C1=O)Nc1ccc(-c2nc3ccccc3[nH]2)cc1. The Morgan fingerprint density at radius 2 is 1.68 bits per heavy atom. The first kappa shape index (κ1) is 19.2. The fourth-order valence-electron chi connectivity index (χ4n) is 4.33. The zero-order valence-corrected chi connectivity index (χ0v) is 16.9. The van der Waals surface area contributed by atoms with Crippen molar-refractivity contribution >= 4 is 34.4 Å². The number of fused-ring (bicyclic) bond motifs is 2. The first-order valence-corrected chi connectivity index (χ1v) is 10.5. The van der Waals surface area contributed by atoms with E-state index in [0.717, 1.165) is 22.4 Å². The number of nitrogens with one attached hydrogen (secondary N) is 2. The molecule has 156 valence electrons. The molecule has 1 saturated heterocycles. The van der Waals surface area contributed by atoms with Crippen LogP contribution in [-0.4, -0.2) is 39.1 Å². The van der Waals surface area contributed by atoms with Crippen molar-refractivity contribution in [3.63, 3.8) is 0 Å². The summed E-state index contributed by atoms with van der Waals surface area (Å²) in [6.45, 7) is 0.119. The van der Waals surface area contributed by atoms with Gasteiger partial charge in [-0.25, -0.2) is 4.98 Å². The van der Waals surface area contributed by atoms with Crippen LogP contribution < -0.4 is 5.32 Å². The number of allylic oxidation sites excluding steroid dienone is 2. The van der Waals surface area contributed by atoms with E-state index in [4.69, 9.17) is 0 Å². The van der Waals surface area contributed by atoms with Gasteiger partial charge in [0.2, 0.25) is 17.7 Å². The summed E-state index contributed by atoms with van der Waals surface area (Å²) in [5.41, 5.74) is 3.44. The molecule has 1 aromatic heterocycles. The van der Waals surface area contributed by atoms with Crippen LogP contribution in [0.5, 0.6) is 0 Å². The van der Waals surface area contributed by atoms with E-state index >= 15 is 0 Å². The third kappa shape index (κ3) is 3.63. The molecule has 2 aliphatic rings. The van der Waals surface area contributed by atoms with Gasteiger partial charge in [-0.05, 0) is 49.2 Å². The summed E-state index contributed by atoms with van der Waals surface area (Å²) in [6.07, 6.45) is 5.20. The number of aromatic amines is 1. The largest absolute Gasteiger partial charge is 0.338 e. The van der Waals surface area contributed by atoms with Crippen LogP contribution in [0.15, 0.2) is 60.7 Å². The Morgan fingerprint density at radius 1 is 1.00 bits per heavy atom. The van der Waals surface area contributed by atoms with Gasteiger partial charge >= 0.3 is 0 Å². The highest BCUT2D eigenvalue weighted by molar-refractivity contribution is 6.05. The maximum absolute atomic E-state index is 12.5. The lowest BCUT2D eigenvalue weighted by Gasteiger charge is -2.14. The first-order valence-electron chi connectivity index (χ1n) is 10.5. The highest BCUT2D eigenvalue weighted by atomic mass is 16.2. The minimum atomic E-state index is -0.258. The predicted molar refractivity (Wildman–Crippen MR) is 117 cm³/mol. The lowest BCUT2D eigenvalue weighted by molar-refractivity contribution is -0.140. The van der Waals surface area contributed by atoms with E-state index in [1.807, 2.05) is 60.7 Å². The number of anilines is 1. The van der Waals surface area contributed by atoms with E-state index in [1.165, 1.54) is 4.90 Å². The summed E-state index contributed by atoms with van der Waals surface area (Å²) in [6, 6.07) is 15.2. The molecule has 2 heterocycles. The fourth-order valence-corrected chi connectivity index (χ4v) is 4.33. The van der Waals surface area contributed by atoms with Crippen molar-refractivity contribution in [2.75, 3.05) is 11.9 Å². The smallest absolute Gasteiger partial charge is 0.233 e. The van der Waals surface area contributed by atoms with Crippen LogP contribution in [0.25, 0.3) is 22.4 Å². The Balaban J connectivity index is 1.19. The second-order valence-corrected chi connectivity index (χ2v) is 7.96. The van der Waals surface area contributed by atoms with Gasteiger partial charge in [0.05, 0.1) is 22.9 Å². The molecule has 1 fully saturated rings. The molecule has 0 saturated carbocycles. The molecule has 2 aromatic carbocycles. The molecule has 2 N–H and O–H groups in total. The van der Waals surface area contributed by atoms with Crippen molar-refractivity contribution < 1.29 is 14.4 Å². The van der Waals surface area contributed by atoms with Gasteiger partial charge in [0.15, 0.2) is 0 Å². The molecule has 3 amide bonds. The van der Waals surface area contributed by atoms with Crippen molar-refractivity contribution in [2.24, 2.45) is 11.8 Å². The Hall–Kier alpha value is -3.74.